The maximum atomic E-state index is 12.1. The molecule has 6 nitrogen and oxygen atoms in total. The summed E-state index contributed by atoms with van der Waals surface area (Å²) in [6.45, 7) is 5.59. The summed E-state index contributed by atoms with van der Waals surface area (Å²) in [5.74, 6) is -0.582. The van der Waals surface area contributed by atoms with E-state index < -0.39 is 5.91 Å². The molecule has 1 aromatic carbocycles. The molecule has 0 aliphatic carbocycles. The van der Waals surface area contributed by atoms with Crippen LogP contribution in [0.3, 0.4) is 0 Å². The van der Waals surface area contributed by atoms with Crippen LogP contribution in [0.1, 0.15) is 38.4 Å². The first-order valence-electron chi connectivity index (χ1n) is 8.42. The van der Waals surface area contributed by atoms with Crippen molar-refractivity contribution in [1.82, 2.24) is 5.32 Å². The van der Waals surface area contributed by atoms with Crippen LogP contribution in [0.25, 0.3) is 0 Å². The lowest BCUT2D eigenvalue weighted by molar-refractivity contribution is -0.110. The van der Waals surface area contributed by atoms with Gasteiger partial charge in [0, 0.05) is 24.5 Å². The minimum absolute atomic E-state index is 0.00183. The molecule has 1 aromatic rings. The fraction of sp³-hybridized carbons (Fsp3) is 0.444. The molecule has 0 aromatic heterocycles. The number of carbonyl (C=O) groups is 1. The number of nitrogens with two attached hydrogens (primary N) is 1. The summed E-state index contributed by atoms with van der Waals surface area (Å²) in [4.78, 5) is 12.1. The molecule has 0 bridgehead atoms. The summed E-state index contributed by atoms with van der Waals surface area (Å²) in [5, 5.41) is 13.9. The molecule has 1 saturated heterocycles. The normalized spacial score (nSPS) is 21.4. The van der Waals surface area contributed by atoms with Gasteiger partial charge in [0.15, 0.2) is 0 Å². The average molecular weight is 365 g/mol. The summed E-state index contributed by atoms with van der Waals surface area (Å²) in [5.41, 5.74) is 7.44. The van der Waals surface area contributed by atoms with Crippen LogP contribution in [0.5, 0.6) is 0 Å². The molecule has 1 amide bonds. The smallest absolute Gasteiger partial charge is 0.275 e. The van der Waals surface area contributed by atoms with E-state index in [0.717, 1.165) is 25.1 Å². The SMILES string of the molecule is CCCC(N)=C(Cl)C(=N)C(=O)Nc1ccc([C@H]2CNC[C@@H](C)O2)cc1. The lowest BCUT2D eigenvalue weighted by atomic mass is 10.1. The molecule has 1 aliphatic heterocycles. The van der Waals surface area contributed by atoms with Crippen LogP contribution in [-0.2, 0) is 9.53 Å². The van der Waals surface area contributed by atoms with Crippen LogP contribution in [0.2, 0.25) is 0 Å². The number of ether oxygens (including phenoxy) is 1. The van der Waals surface area contributed by atoms with E-state index in [0.29, 0.717) is 17.8 Å². The zero-order valence-corrected chi connectivity index (χ0v) is 15.3. The van der Waals surface area contributed by atoms with E-state index in [9.17, 15) is 4.79 Å². The number of rotatable bonds is 6. The van der Waals surface area contributed by atoms with Crippen molar-refractivity contribution >= 4 is 28.9 Å². The van der Waals surface area contributed by atoms with Crippen LogP contribution in [0.4, 0.5) is 5.69 Å². The largest absolute Gasteiger partial charge is 0.401 e. The highest BCUT2D eigenvalue weighted by Crippen LogP contribution is 2.23. The third-order valence-electron chi connectivity index (χ3n) is 3.95. The van der Waals surface area contributed by atoms with Gasteiger partial charge in [-0.15, -0.1) is 0 Å². The molecule has 136 valence electrons. The van der Waals surface area contributed by atoms with E-state index in [1.807, 2.05) is 26.0 Å². The Hall–Kier alpha value is -1.89. The number of benzene rings is 1. The number of anilines is 1. The Morgan fingerprint density at radius 3 is 2.68 bits per heavy atom. The molecule has 2 atom stereocenters. The Morgan fingerprint density at radius 2 is 2.08 bits per heavy atom. The summed E-state index contributed by atoms with van der Waals surface area (Å²) in [6.07, 6.45) is 1.52. The maximum absolute atomic E-state index is 12.1. The Kier molecular flexibility index (Phi) is 6.99. The van der Waals surface area contributed by atoms with E-state index in [-0.39, 0.29) is 23.0 Å². The van der Waals surface area contributed by atoms with Crippen molar-refractivity contribution in [3.8, 4) is 0 Å². The van der Waals surface area contributed by atoms with Gasteiger partial charge >= 0.3 is 0 Å². The van der Waals surface area contributed by atoms with Gasteiger partial charge in [-0.25, -0.2) is 0 Å². The predicted molar refractivity (Wildman–Crippen MR) is 101 cm³/mol. The minimum Gasteiger partial charge on any atom is -0.401 e. The Bertz CT molecular complexity index is 658. The second-order valence-corrected chi connectivity index (χ2v) is 6.51. The van der Waals surface area contributed by atoms with Crippen LogP contribution in [-0.4, -0.2) is 30.8 Å². The minimum atomic E-state index is -0.582. The summed E-state index contributed by atoms with van der Waals surface area (Å²) >= 11 is 6.01. The van der Waals surface area contributed by atoms with Gasteiger partial charge in [-0.1, -0.05) is 37.1 Å². The van der Waals surface area contributed by atoms with Crippen molar-refractivity contribution in [3.63, 3.8) is 0 Å². The van der Waals surface area contributed by atoms with Gasteiger partial charge in [-0.2, -0.15) is 0 Å². The first-order chi connectivity index (χ1) is 11.9. The first-order valence-corrected chi connectivity index (χ1v) is 8.80. The molecule has 0 radical (unpaired) electrons. The van der Waals surface area contributed by atoms with Gasteiger partial charge in [-0.05, 0) is 31.0 Å². The molecule has 5 N–H and O–H groups in total. The second-order valence-electron chi connectivity index (χ2n) is 6.13. The predicted octanol–water partition coefficient (Wildman–Crippen LogP) is 2.90. The molecule has 1 fully saturated rings. The molecule has 0 saturated carbocycles. The van der Waals surface area contributed by atoms with E-state index in [4.69, 9.17) is 27.5 Å². The van der Waals surface area contributed by atoms with Crippen LogP contribution >= 0.6 is 11.6 Å². The third-order valence-corrected chi connectivity index (χ3v) is 4.38. The van der Waals surface area contributed by atoms with Crippen molar-refractivity contribution in [3.05, 3.63) is 40.6 Å². The van der Waals surface area contributed by atoms with Gasteiger partial charge < -0.3 is 21.1 Å². The van der Waals surface area contributed by atoms with Crippen LogP contribution < -0.4 is 16.4 Å². The van der Waals surface area contributed by atoms with Crippen molar-refractivity contribution in [2.24, 2.45) is 5.73 Å². The standard InChI is InChI=1S/C18H25ClN4O2/c1-3-4-14(20)16(19)17(21)18(24)23-13-7-5-12(6-8-13)15-10-22-9-11(2)25-15/h5-8,11,15,21-22H,3-4,9-10,20H2,1-2H3,(H,23,24)/t11-,15-/m1/s1. The Balaban J connectivity index is 1.99. The second kappa shape index (κ2) is 8.99. The zero-order chi connectivity index (χ0) is 18.4. The Morgan fingerprint density at radius 1 is 1.40 bits per heavy atom. The van der Waals surface area contributed by atoms with Crippen molar-refractivity contribution in [2.75, 3.05) is 18.4 Å². The summed E-state index contributed by atoms with van der Waals surface area (Å²) in [7, 11) is 0. The van der Waals surface area contributed by atoms with Crippen molar-refractivity contribution in [1.29, 1.82) is 5.41 Å². The number of amides is 1. The number of halogens is 1. The zero-order valence-electron chi connectivity index (χ0n) is 14.6. The molecule has 7 heteroatoms. The Labute approximate surface area is 153 Å². The lowest BCUT2D eigenvalue weighted by Gasteiger charge is -2.29. The average Bonchev–Trinajstić information content (AvgIpc) is 2.61. The molecule has 1 aliphatic rings. The van der Waals surface area contributed by atoms with E-state index in [1.165, 1.54) is 0 Å². The topological polar surface area (TPSA) is 100 Å². The van der Waals surface area contributed by atoms with Gasteiger partial charge in [0.1, 0.15) is 5.71 Å². The van der Waals surface area contributed by atoms with E-state index >= 15 is 0 Å². The highest BCUT2D eigenvalue weighted by Gasteiger charge is 2.20. The fourth-order valence-corrected chi connectivity index (χ4v) is 2.79. The highest BCUT2D eigenvalue weighted by molar-refractivity contribution is 6.60. The highest BCUT2D eigenvalue weighted by atomic mass is 35.5. The summed E-state index contributed by atoms with van der Waals surface area (Å²) < 4.78 is 5.89. The van der Waals surface area contributed by atoms with Gasteiger partial charge in [0.05, 0.1) is 17.2 Å². The molecular formula is C18H25ClN4O2. The monoisotopic (exact) mass is 364 g/mol. The molecule has 0 unspecified atom stereocenters. The number of hydrogen-bond donors (Lipinski definition) is 4. The van der Waals surface area contributed by atoms with Crippen molar-refractivity contribution < 1.29 is 9.53 Å². The van der Waals surface area contributed by atoms with Gasteiger partial charge in [-0.3, -0.25) is 10.2 Å². The molecule has 0 spiro atoms. The first kappa shape index (κ1) is 19.4. The molecule has 2 rings (SSSR count). The molecular weight excluding hydrogens is 340 g/mol. The quantitative estimate of drug-likeness (QED) is 0.583. The maximum Gasteiger partial charge on any atom is 0.275 e. The van der Waals surface area contributed by atoms with Gasteiger partial charge in [0.2, 0.25) is 0 Å². The van der Waals surface area contributed by atoms with Gasteiger partial charge in [0.25, 0.3) is 5.91 Å². The number of carbonyl (C=O) groups excluding carboxylic acids is 1. The number of nitrogens with one attached hydrogen (secondary N) is 3. The van der Waals surface area contributed by atoms with Crippen LogP contribution in [0.15, 0.2) is 35.0 Å². The fourth-order valence-electron chi connectivity index (χ4n) is 2.60. The molecule has 1 heterocycles. The van der Waals surface area contributed by atoms with E-state index in [1.54, 1.807) is 12.1 Å². The third kappa shape index (κ3) is 5.29. The lowest BCUT2D eigenvalue weighted by Crippen LogP contribution is -2.38. The van der Waals surface area contributed by atoms with Crippen LogP contribution in [0, 0.1) is 5.41 Å². The number of allylic oxidation sites excluding steroid dienone is 1. The number of hydrogen-bond acceptors (Lipinski definition) is 5. The van der Waals surface area contributed by atoms with E-state index in [2.05, 4.69) is 10.6 Å². The molecule has 25 heavy (non-hydrogen) atoms. The number of morpholine rings is 1. The summed E-state index contributed by atoms with van der Waals surface area (Å²) in [6, 6.07) is 7.39. The van der Waals surface area contributed by atoms with Crippen molar-refractivity contribution in [2.45, 2.75) is 38.9 Å².